The summed E-state index contributed by atoms with van der Waals surface area (Å²) >= 11 is 3.50. The molecule has 4 nitrogen and oxygen atoms in total. The van der Waals surface area contributed by atoms with E-state index in [0.29, 0.717) is 11.2 Å². The highest BCUT2D eigenvalue weighted by atomic mass is 79.9. The fourth-order valence-electron chi connectivity index (χ4n) is 2.65. The summed E-state index contributed by atoms with van der Waals surface area (Å²) in [5.41, 5.74) is 0.0476. The minimum absolute atomic E-state index is 0.111. The number of phenols is 2. The average molecular weight is 342 g/mol. The summed E-state index contributed by atoms with van der Waals surface area (Å²) in [5, 5.41) is 22.7. The van der Waals surface area contributed by atoms with Crippen LogP contribution in [0.25, 0.3) is 0 Å². The van der Waals surface area contributed by atoms with Crippen molar-refractivity contribution in [1.82, 2.24) is 5.32 Å². The zero-order chi connectivity index (χ0) is 14.8. The van der Waals surface area contributed by atoms with E-state index >= 15 is 0 Å². The number of phenolic OH excluding ortho intramolecular Hbond substituents is 2. The Morgan fingerprint density at radius 3 is 2.35 bits per heavy atom. The number of carbonyl (C=O) groups excluding carboxylic acids is 1. The third kappa shape index (κ3) is 3.45. The molecule has 0 aromatic heterocycles. The molecule has 1 aromatic rings. The number of alkyl halides is 1. The normalized spacial score (nSPS) is 26.2. The van der Waals surface area contributed by atoms with Gasteiger partial charge in [-0.25, -0.2) is 0 Å². The molecule has 110 valence electrons. The average Bonchev–Trinajstić information content (AvgIpc) is 2.40. The molecule has 0 aliphatic heterocycles. The molecule has 1 aliphatic carbocycles. The Bertz CT molecular complexity index is 476. The smallest absolute Gasteiger partial charge is 0.252 e. The number of amides is 1. The second kappa shape index (κ2) is 6.04. The monoisotopic (exact) mass is 341 g/mol. The zero-order valence-corrected chi connectivity index (χ0v) is 13.1. The van der Waals surface area contributed by atoms with Gasteiger partial charge in [0.2, 0.25) is 0 Å². The topological polar surface area (TPSA) is 69.6 Å². The summed E-state index contributed by atoms with van der Waals surface area (Å²) in [4.78, 5) is 12.3. The molecule has 0 heterocycles. The molecule has 0 radical (unpaired) electrons. The number of hydrogen-bond donors (Lipinski definition) is 3. The van der Waals surface area contributed by atoms with Gasteiger partial charge in [0.1, 0.15) is 11.5 Å². The van der Waals surface area contributed by atoms with Crippen molar-refractivity contribution in [1.29, 1.82) is 0 Å². The minimum Gasteiger partial charge on any atom is -0.508 e. The van der Waals surface area contributed by atoms with Crippen molar-refractivity contribution in [3.8, 4) is 11.5 Å². The molecule has 5 heteroatoms. The van der Waals surface area contributed by atoms with E-state index in [0.717, 1.165) is 25.7 Å². The lowest BCUT2D eigenvalue weighted by atomic mass is 9.78. The lowest BCUT2D eigenvalue weighted by Gasteiger charge is -2.39. The van der Waals surface area contributed by atoms with Crippen molar-refractivity contribution in [2.24, 2.45) is 5.92 Å². The minimum atomic E-state index is -0.259. The van der Waals surface area contributed by atoms with E-state index in [1.165, 1.54) is 18.2 Å². The molecule has 0 saturated heterocycles. The molecule has 1 aromatic carbocycles. The van der Waals surface area contributed by atoms with Crippen LogP contribution in [-0.2, 0) is 0 Å². The van der Waals surface area contributed by atoms with E-state index in [1.54, 1.807) is 0 Å². The highest BCUT2D eigenvalue weighted by Gasteiger charge is 2.34. The van der Waals surface area contributed by atoms with Crippen LogP contribution in [0.1, 0.15) is 43.0 Å². The first kappa shape index (κ1) is 15.2. The first-order chi connectivity index (χ1) is 9.44. The predicted molar refractivity (Wildman–Crippen MR) is 81.4 cm³/mol. The molecule has 20 heavy (non-hydrogen) atoms. The van der Waals surface area contributed by atoms with Crippen molar-refractivity contribution < 1.29 is 15.0 Å². The molecule has 0 atom stereocenters. The quantitative estimate of drug-likeness (QED) is 0.739. The maximum absolute atomic E-state index is 12.3. The highest BCUT2D eigenvalue weighted by molar-refractivity contribution is 9.09. The summed E-state index contributed by atoms with van der Waals surface area (Å²) < 4.78 is 0. The molecule has 0 unspecified atom stereocenters. The van der Waals surface area contributed by atoms with Crippen molar-refractivity contribution >= 4 is 21.8 Å². The van der Waals surface area contributed by atoms with Crippen LogP contribution in [0.2, 0.25) is 0 Å². The lowest BCUT2D eigenvalue weighted by molar-refractivity contribution is 0.0873. The van der Waals surface area contributed by atoms with E-state index in [-0.39, 0.29) is 28.5 Å². The van der Waals surface area contributed by atoms with Crippen molar-refractivity contribution in [2.45, 2.75) is 38.1 Å². The molecule has 1 saturated carbocycles. The Hall–Kier alpha value is -1.23. The summed E-state index contributed by atoms with van der Waals surface area (Å²) in [6, 6.07) is 3.93. The number of rotatable bonds is 3. The van der Waals surface area contributed by atoms with E-state index in [2.05, 4.69) is 28.2 Å². The molecule has 3 N–H and O–H groups in total. The molecule has 1 amide bonds. The first-order valence-corrected chi connectivity index (χ1v) is 7.98. The first-order valence-electron chi connectivity index (χ1n) is 6.86. The van der Waals surface area contributed by atoms with Gasteiger partial charge in [-0.1, -0.05) is 22.9 Å². The maximum Gasteiger partial charge on any atom is 0.252 e. The fourth-order valence-corrected chi connectivity index (χ4v) is 3.35. The van der Waals surface area contributed by atoms with Gasteiger partial charge in [0.05, 0.1) is 5.54 Å². The highest BCUT2D eigenvalue weighted by Crippen LogP contribution is 2.33. The Morgan fingerprint density at radius 2 is 1.85 bits per heavy atom. The van der Waals surface area contributed by atoms with E-state index in [1.807, 2.05) is 0 Å². The van der Waals surface area contributed by atoms with E-state index in [4.69, 9.17) is 0 Å². The molecular formula is C15H20BrNO3. The van der Waals surface area contributed by atoms with Gasteiger partial charge in [-0.3, -0.25) is 4.79 Å². The number of hydrogen-bond acceptors (Lipinski definition) is 3. The summed E-state index contributed by atoms with van der Waals surface area (Å²) in [6.45, 7) is 2.23. The molecule has 1 aliphatic rings. The van der Waals surface area contributed by atoms with Gasteiger partial charge in [0, 0.05) is 17.0 Å². The Balaban J connectivity index is 2.13. The van der Waals surface area contributed by atoms with E-state index < -0.39 is 0 Å². The zero-order valence-electron chi connectivity index (χ0n) is 11.5. The maximum atomic E-state index is 12.3. The molecule has 0 bridgehead atoms. The number of benzene rings is 1. The molecular weight excluding hydrogens is 322 g/mol. The summed E-state index contributed by atoms with van der Waals surface area (Å²) in [7, 11) is 0. The van der Waals surface area contributed by atoms with Crippen LogP contribution in [0.3, 0.4) is 0 Å². The van der Waals surface area contributed by atoms with Gasteiger partial charge >= 0.3 is 0 Å². The fraction of sp³-hybridized carbons (Fsp3) is 0.533. The van der Waals surface area contributed by atoms with Crippen LogP contribution in [0, 0.1) is 5.92 Å². The second-order valence-electron chi connectivity index (χ2n) is 5.79. The number of halogens is 1. The van der Waals surface area contributed by atoms with Gasteiger partial charge in [0.15, 0.2) is 0 Å². The van der Waals surface area contributed by atoms with Gasteiger partial charge in [-0.2, -0.15) is 0 Å². The van der Waals surface area contributed by atoms with E-state index in [9.17, 15) is 15.0 Å². The summed E-state index contributed by atoms with van der Waals surface area (Å²) in [6.07, 6.45) is 4.07. The van der Waals surface area contributed by atoms with Crippen molar-refractivity contribution in [3.63, 3.8) is 0 Å². The molecule has 1 fully saturated rings. The summed E-state index contributed by atoms with van der Waals surface area (Å²) in [5.74, 6) is 0.217. The number of nitrogens with one attached hydrogen (secondary N) is 1. The Labute approximate surface area is 127 Å². The van der Waals surface area contributed by atoms with Gasteiger partial charge in [-0.15, -0.1) is 0 Å². The third-order valence-corrected chi connectivity index (χ3v) is 5.10. The van der Waals surface area contributed by atoms with Crippen molar-refractivity contribution in [2.75, 3.05) is 5.33 Å². The van der Waals surface area contributed by atoms with Gasteiger partial charge < -0.3 is 15.5 Å². The van der Waals surface area contributed by atoms with Crippen LogP contribution in [0.5, 0.6) is 11.5 Å². The molecule has 0 spiro atoms. The Morgan fingerprint density at radius 1 is 1.30 bits per heavy atom. The van der Waals surface area contributed by atoms with Crippen LogP contribution >= 0.6 is 15.9 Å². The lowest BCUT2D eigenvalue weighted by Crippen LogP contribution is -2.52. The SMILES string of the molecule is CC1CCC(CBr)(NC(=O)c2cc(O)cc(O)c2)CC1. The second-order valence-corrected chi connectivity index (χ2v) is 6.35. The van der Waals surface area contributed by atoms with Crippen LogP contribution in [0.15, 0.2) is 18.2 Å². The van der Waals surface area contributed by atoms with Crippen LogP contribution in [0.4, 0.5) is 0 Å². The number of carbonyl (C=O) groups is 1. The molecule has 2 rings (SSSR count). The van der Waals surface area contributed by atoms with Crippen LogP contribution < -0.4 is 5.32 Å². The van der Waals surface area contributed by atoms with Crippen LogP contribution in [-0.4, -0.2) is 27.0 Å². The number of aromatic hydroxyl groups is 2. The third-order valence-electron chi connectivity index (χ3n) is 4.03. The van der Waals surface area contributed by atoms with Crippen molar-refractivity contribution in [3.05, 3.63) is 23.8 Å². The predicted octanol–water partition coefficient (Wildman–Crippen LogP) is 3.17. The standard InChI is InChI=1S/C15H20BrNO3/c1-10-2-4-15(9-16,5-3-10)17-14(20)11-6-12(18)8-13(19)7-11/h6-8,10,18-19H,2-5,9H2,1H3,(H,17,20). The van der Waals surface area contributed by atoms with Gasteiger partial charge in [0.25, 0.3) is 5.91 Å². The largest absolute Gasteiger partial charge is 0.508 e. The van der Waals surface area contributed by atoms with Gasteiger partial charge in [-0.05, 0) is 43.7 Å². The Kier molecular flexibility index (Phi) is 4.58.